The van der Waals surface area contributed by atoms with Crippen LogP contribution in [0.25, 0.3) is 29.1 Å². The molecule has 0 N–H and O–H groups in total. The minimum atomic E-state index is -1.14. The smallest absolute Gasteiger partial charge is 0.157 e. The van der Waals surface area contributed by atoms with E-state index >= 15 is 0 Å². The summed E-state index contributed by atoms with van der Waals surface area (Å²) in [5, 5.41) is 7.34. The van der Waals surface area contributed by atoms with E-state index in [1.54, 1.807) is 30.4 Å². The third-order valence-corrected chi connectivity index (χ3v) is 6.42. The van der Waals surface area contributed by atoms with Gasteiger partial charge in [-0.05, 0) is 31.8 Å². The van der Waals surface area contributed by atoms with Gasteiger partial charge in [0.15, 0.2) is 11.6 Å². The van der Waals surface area contributed by atoms with Crippen LogP contribution in [0.15, 0.2) is 29.5 Å². The molecule has 0 fully saturated rings. The molecule has 29 heavy (non-hydrogen) atoms. The quantitative estimate of drug-likeness (QED) is 0.325. The molecule has 0 saturated heterocycles. The lowest BCUT2D eigenvalue weighted by Gasteiger charge is -2.16. The zero-order chi connectivity index (χ0) is 21.0. The van der Waals surface area contributed by atoms with E-state index in [4.69, 9.17) is 14.5 Å². The van der Waals surface area contributed by atoms with Gasteiger partial charge in [-0.2, -0.15) is 5.10 Å². The number of methoxy groups -OCH3 is 1. The van der Waals surface area contributed by atoms with Crippen LogP contribution in [0, 0.1) is 0 Å². The Bertz CT molecular complexity index is 1120. The van der Waals surface area contributed by atoms with Gasteiger partial charge in [0.1, 0.15) is 12.4 Å². The van der Waals surface area contributed by atoms with Gasteiger partial charge in [0.25, 0.3) is 0 Å². The molecule has 3 aromatic heterocycles. The fraction of sp³-hybridized carbons (Fsp3) is 0.381. The summed E-state index contributed by atoms with van der Waals surface area (Å²) >= 11 is 0. The SMILES string of the molecule is C=N/C=c1\c(=C/C)n(COCC[Si](C)(C)C)c2nc(-n3cc(OC)cn3)ccc12. The molecule has 0 saturated carbocycles. The Morgan fingerprint density at radius 3 is 2.69 bits per heavy atom. The van der Waals surface area contributed by atoms with Gasteiger partial charge in [-0.3, -0.25) is 4.99 Å². The molecule has 0 aliphatic heterocycles. The number of pyridine rings is 1. The van der Waals surface area contributed by atoms with E-state index in [1.807, 2.05) is 19.1 Å². The first-order chi connectivity index (χ1) is 13.9. The maximum Gasteiger partial charge on any atom is 0.157 e. The first-order valence-electron chi connectivity index (χ1n) is 9.66. The normalized spacial score (nSPS) is 13.4. The summed E-state index contributed by atoms with van der Waals surface area (Å²) in [7, 11) is 0.476. The Kier molecular flexibility index (Phi) is 6.34. The average molecular weight is 412 g/mol. The number of aromatic nitrogens is 4. The minimum absolute atomic E-state index is 0.435. The van der Waals surface area contributed by atoms with Crippen LogP contribution in [-0.4, -0.2) is 47.8 Å². The minimum Gasteiger partial charge on any atom is -0.493 e. The molecule has 3 aromatic rings. The molecule has 0 spiro atoms. The highest BCUT2D eigenvalue weighted by Gasteiger charge is 2.14. The number of nitrogens with zero attached hydrogens (tertiary/aromatic N) is 5. The fourth-order valence-corrected chi connectivity index (χ4v) is 3.88. The molecule has 154 valence electrons. The number of rotatable bonds is 8. The largest absolute Gasteiger partial charge is 0.493 e. The second-order valence-electron chi connectivity index (χ2n) is 8.04. The summed E-state index contributed by atoms with van der Waals surface area (Å²) in [5.41, 5.74) is 0.827. The molecule has 3 heterocycles. The van der Waals surface area contributed by atoms with Gasteiger partial charge < -0.3 is 14.0 Å². The topological polar surface area (TPSA) is 66.5 Å². The van der Waals surface area contributed by atoms with E-state index in [9.17, 15) is 0 Å². The van der Waals surface area contributed by atoms with E-state index in [2.05, 4.69) is 47.1 Å². The summed E-state index contributed by atoms with van der Waals surface area (Å²) in [5.74, 6) is 1.40. The number of aliphatic imine (C=N–C) groups is 1. The Labute approximate surface area is 172 Å². The van der Waals surface area contributed by atoms with Crippen molar-refractivity contribution in [2.45, 2.75) is 39.3 Å². The highest BCUT2D eigenvalue weighted by atomic mass is 28.3. The first-order valence-corrected chi connectivity index (χ1v) is 13.4. The van der Waals surface area contributed by atoms with Crippen molar-refractivity contribution >= 4 is 38.1 Å². The Balaban J connectivity index is 2.07. The van der Waals surface area contributed by atoms with Crippen molar-refractivity contribution in [2.75, 3.05) is 13.7 Å². The van der Waals surface area contributed by atoms with Crippen molar-refractivity contribution in [1.29, 1.82) is 0 Å². The third kappa shape index (κ3) is 4.65. The lowest BCUT2D eigenvalue weighted by Crippen LogP contribution is -2.30. The molecule has 0 aliphatic carbocycles. The van der Waals surface area contributed by atoms with Crippen molar-refractivity contribution in [3.05, 3.63) is 35.1 Å². The zero-order valence-electron chi connectivity index (χ0n) is 17.8. The average Bonchev–Trinajstić information content (AvgIpc) is 3.27. The van der Waals surface area contributed by atoms with E-state index < -0.39 is 8.07 Å². The highest BCUT2D eigenvalue weighted by Crippen LogP contribution is 2.15. The van der Waals surface area contributed by atoms with Crippen LogP contribution in [-0.2, 0) is 11.5 Å². The van der Waals surface area contributed by atoms with Crippen molar-refractivity contribution < 1.29 is 9.47 Å². The standard InChI is InChI=1S/C21H29N5O2Si/c1-7-19-18(13-22-2)17-8-9-20(26-14-16(27-3)12-23-26)24-21(17)25(19)15-28-10-11-29(4,5)6/h7-9,12-14H,2,10-11,15H2,1,3-6H3/b18-13-,19-7+. The predicted octanol–water partition coefficient (Wildman–Crippen LogP) is 2.78. The van der Waals surface area contributed by atoms with Crippen LogP contribution >= 0.6 is 0 Å². The molecular formula is C21H29N5O2Si. The molecule has 3 rings (SSSR count). The van der Waals surface area contributed by atoms with E-state index in [-0.39, 0.29) is 0 Å². The Hall–Kier alpha value is -2.71. The van der Waals surface area contributed by atoms with Crippen LogP contribution in [0.2, 0.25) is 25.7 Å². The molecular weight excluding hydrogens is 382 g/mol. The molecule has 8 heteroatoms. The highest BCUT2D eigenvalue weighted by molar-refractivity contribution is 6.76. The molecule has 0 unspecified atom stereocenters. The predicted molar refractivity (Wildman–Crippen MR) is 121 cm³/mol. The summed E-state index contributed by atoms with van der Waals surface area (Å²) in [4.78, 5) is 8.86. The van der Waals surface area contributed by atoms with Gasteiger partial charge in [0, 0.05) is 36.8 Å². The number of fused-ring (bicyclic) bond motifs is 1. The lowest BCUT2D eigenvalue weighted by molar-refractivity contribution is 0.0880. The molecule has 0 bridgehead atoms. The monoisotopic (exact) mass is 411 g/mol. The summed E-state index contributed by atoms with van der Waals surface area (Å²) in [6.45, 7) is 13.9. The maximum absolute atomic E-state index is 6.04. The molecule has 0 atom stereocenters. The molecule has 0 aromatic carbocycles. The van der Waals surface area contributed by atoms with Crippen LogP contribution in [0.4, 0.5) is 0 Å². The molecule has 0 radical (unpaired) electrons. The van der Waals surface area contributed by atoms with Crippen molar-refractivity contribution in [3.8, 4) is 11.6 Å². The van der Waals surface area contributed by atoms with Gasteiger partial charge in [-0.1, -0.05) is 25.7 Å². The summed E-state index contributed by atoms with van der Waals surface area (Å²) in [6.07, 6.45) is 7.29. The van der Waals surface area contributed by atoms with Gasteiger partial charge in [-0.25, -0.2) is 9.67 Å². The van der Waals surface area contributed by atoms with Gasteiger partial charge in [-0.15, -0.1) is 0 Å². The molecule has 0 aliphatic rings. The Morgan fingerprint density at radius 1 is 1.28 bits per heavy atom. The van der Waals surface area contributed by atoms with Gasteiger partial charge >= 0.3 is 0 Å². The van der Waals surface area contributed by atoms with Crippen molar-refractivity contribution in [2.24, 2.45) is 4.99 Å². The van der Waals surface area contributed by atoms with Crippen molar-refractivity contribution in [1.82, 2.24) is 19.3 Å². The third-order valence-electron chi connectivity index (χ3n) is 4.71. The van der Waals surface area contributed by atoms with E-state index in [1.165, 1.54) is 0 Å². The number of ether oxygens (including phenoxy) is 2. The first kappa shape index (κ1) is 21.0. The molecule has 0 amide bonds. The number of hydrogen-bond donors (Lipinski definition) is 0. The maximum atomic E-state index is 6.04. The van der Waals surface area contributed by atoms with Gasteiger partial charge in [0.05, 0.1) is 19.5 Å². The second kappa shape index (κ2) is 8.75. The summed E-state index contributed by atoms with van der Waals surface area (Å²) in [6, 6.07) is 5.09. The van der Waals surface area contributed by atoms with E-state index in [0.29, 0.717) is 18.3 Å². The van der Waals surface area contributed by atoms with Crippen LogP contribution < -0.4 is 15.3 Å². The van der Waals surface area contributed by atoms with E-state index in [0.717, 1.165) is 34.3 Å². The lowest BCUT2D eigenvalue weighted by atomic mass is 10.3. The second-order valence-corrected chi connectivity index (χ2v) is 13.7. The fourth-order valence-electron chi connectivity index (χ4n) is 3.12. The Morgan fingerprint density at radius 2 is 2.07 bits per heavy atom. The van der Waals surface area contributed by atoms with Crippen LogP contribution in [0.5, 0.6) is 5.75 Å². The molecule has 7 nitrogen and oxygen atoms in total. The van der Waals surface area contributed by atoms with Crippen molar-refractivity contribution in [3.63, 3.8) is 0 Å². The summed E-state index contributed by atoms with van der Waals surface area (Å²) < 4.78 is 15.1. The van der Waals surface area contributed by atoms with Crippen LogP contribution in [0.1, 0.15) is 6.92 Å². The number of hydrogen-bond acceptors (Lipinski definition) is 5. The zero-order valence-corrected chi connectivity index (χ0v) is 18.8. The van der Waals surface area contributed by atoms with Crippen LogP contribution in [0.3, 0.4) is 0 Å². The van der Waals surface area contributed by atoms with Gasteiger partial charge in [0.2, 0.25) is 0 Å².